The van der Waals surface area contributed by atoms with E-state index < -0.39 is 12.0 Å². The van der Waals surface area contributed by atoms with Crippen LogP contribution < -0.4 is 10.1 Å². The normalized spacial score (nSPS) is 11.6. The van der Waals surface area contributed by atoms with Gasteiger partial charge in [0.15, 0.2) is 0 Å². The van der Waals surface area contributed by atoms with E-state index in [1.54, 1.807) is 7.11 Å². The molecule has 1 rings (SSSR count). The highest BCUT2D eigenvalue weighted by molar-refractivity contribution is 14.1. The minimum Gasteiger partial charge on any atom is -0.496 e. The number of nitrogens with one attached hydrogen (secondary N) is 1. The number of rotatable bonds is 5. The topological polar surface area (TPSA) is 64.6 Å². The quantitative estimate of drug-likeness (QED) is 0.625. The first-order valence-corrected chi connectivity index (χ1v) is 6.73. The molecule has 0 aliphatic carbocycles. The van der Waals surface area contributed by atoms with E-state index in [-0.39, 0.29) is 5.91 Å². The molecule has 0 bridgehead atoms. The first-order chi connectivity index (χ1) is 8.97. The van der Waals surface area contributed by atoms with Crippen molar-refractivity contribution in [3.63, 3.8) is 0 Å². The molecule has 0 unspecified atom stereocenters. The summed E-state index contributed by atoms with van der Waals surface area (Å²) >= 11 is 2.16. The van der Waals surface area contributed by atoms with Crippen molar-refractivity contribution >= 4 is 34.5 Å². The fourth-order valence-corrected chi connectivity index (χ4v) is 2.45. The van der Waals surface area contributed by atoms with Crippen LogP contribution in [0.3, 0.4) is 0 Å². The standard InChI is InChI=1S/C13H16INO4/c1-8(16)15-11(13(17)19-3)7-9-4-5-12(18-2)10(14)6-9/h4-6,11H,7H2,1-3H3,(H,15,16)/t11-/m0/s1. The molecule has 0 aliphatic heterocycles. The largest absolute Gasteiger partial charge is 0.496 e. The van der Waals surface area contributed by atoms with Crippen LogP contribution in [0.4, 0.5) is 0 Å². The number of carbonyl (C=O) groups is 2. The van der Waals surface area contributed by atoms with Crippen molar-refractivity contribution in [3.05, 3.63) is 27.3 Å². The molecule has 0 radical (unpaired) electrons. The van der Waals surface area contributed by atoms with Gasteiger partial charge in [0.05, 0.1) is 17.8 Å². The first kappa shape index (κ1) is 15.7. The van der Waals surface area contributed by atoms with Crippen LogP contribution in [0.2, 0.25) is 0 Å². The fourth-order valence-electron chi connectivity index (χ4n) is 1.65. The highest BCUT2D eigenvalue weighted by atomic mass is 127. The van der Waals surface area contributed by atoms with E-state index in [9.17, 15) is 9.59 Å². The van der Waals surface area contributed by atoms with Gasteiger partial charge in [-0.25, -0.2) is 4.79 Å². The van der Waals surface area contributed by atoms with Crippen LogP contribution in [0, 0.1) is 3.57 Å². The summed E-state index contributed by atoms with van der Waals surface area (Å²) in [4.78, 5) is 22.7. The van der Waals surface area contributed by atoms with E-state index in [2.05, 4.69) is 32.6 Å². The summed E-state index contributed by atoms with van der Waals surface area (Å²) in [6.45, 7) is 1.37. The van der Waals surface area contributed by atoms with Gasteiger partial charge in [0, 0.05) is 13.3 Å². The van der Waals surface area contributed by atoms with Gasteiger partial charge in [-0.15, -0.1) is 0 Å². The monoisotopic (exact) mass is 377 g/mol. The van der Waals surface area contributed by atoms with Crippen LogP contribution in [0.5, 0.6) is 5.75 Å². The van der Waals surface area contributed by atoms with E-state index in [1.165, 1.54) is 14.0 Å². The maximum Gasteiger partial charge on any atom is 0.328 e. The predicted molar refractivity (Wildman–Crippen MR) is 79.0 cm³/mol. The van der Waals surface area contributed by atoms with Crippen molar-refractivity contribution < 1.29 is 19.1 Å². The molecule has 0 fully saturated rings. The van der Waals surface area contributed by atoms with Gasteiger partial charge < -0.3 is 14.8 Å². The molecular formula is C13H16INO4. The number of hydrogen-bond donors (Lipinski definition) is 1. The van der Waals surface area contributed by atoms with Gasteiger partial charge in [-0.2, -0.15) is 0 Å². The lowest BCUT2D eigenvalue weighted by Gasteiger charge is -2.16. The number of methoxy groups -OCH3 is 2. The molecule has 0 spiro atoms. The lowest BCUT2D eigenvalue weighted by atomic mass is 10.1. The van der Waals surface area contributed by atoms with Gasteiger partial charge in [0.1, 0.15) is 11.8 Å². The summed E-state index contributed by atoms with van der Waals surface area (Å²) in [5.74, 6) is 0.0538. The van der Waals surface area contributed by atoms with Crippen LogP contribution in [-0.4, -0.2) is 32.1 Å². The molecule has 1 atom stereocenters. The molecule has 1 aromatic rings. The Bertz CT molecular complexity index is 476. The molecule has 0 aliphatic rings. The summed E-state index contributed by atoms with van der Waals surface area (Å²) in [7, 11) is 2.90. The van der Waals surface area contributed by atoms with Crippen LogP contribution in [0.1, 0.15) is 12.5 Å². The molecule has 6 heteroatoms. The van der Waals surface area contributed by atoms with Gasteiger partial charge in [0.25, 0.3) is 0 Å². The lowest BCUT2D eigenvalue weighted by Crippen LogP contribution is -2.42. The van der Waals surface area contributed by atoms with E-state index in [0.29, 0.717) is 6.42 Å². The van der Waals surface area contributed by atoms with Crippen molar-refractivity contribution in [3.8, 4) is 5.75 Å². The van der Waals surface area contributed by atoms with Crippen molar-refractivity contribution in [2.75, 3.05) is 14.2 Å². The SMILES string of the molecule is COC(=O)[C@H](Cc1ccc(OC)c(I)c1)NC(C)=O. The third kappa shape index (κ3) is 4.70. The second kappa shape index (κ2) is 7.32. The average Bonchev–Trinajstić information content (AvgIpc) is 2.36. The number of carbonyl (C=O) groups excluding carboxylic acids is 2. The van der Waals surface area contributed by atoms with E-state index in [1.807, 2.05) is 18.2 Å². The smallest absolute Gasteiger partial charge is 0.328 e. The van der Waals surface area contributed by atoms with Crippen LogP contribution in [0.25, 0.3) is 0 Å². The zero-order valence-electron chi connectivity index (χ0n) is 11.0. The summed E-state index contributed by atoms with van der Waals surface area (Å²) in [6, 6.07) is 4.93. The van der Waals surface area contributed by atoms with E-state index in [0.717, 1.165) is 14.9 Å². The maximum atomic E-state index is 11.6. The molecule has 1 aromatic carbocycles. The van der Waals surface area contributed by atoms with Gasteiger partial charge >= 0.3 is 5.97 Å². The number of ether oxygens (including phenoxy) is 2. The minimum atomic E-state index is -0.674. The molecule has 1 N–H and O–H groups in total. The van der Waals surface area contributed by atoms with Crippen LogP contribution in [0.15, 0.2) is 18.2 Å². The molecule has 104 valence electrons. The van der Waals surface area contributed by atoms with Crippen molar-refractivity contribution in [1.29, 1.82) is 0 Å². The van der Waals surface area contributed by atoms with Gasteiger partial charge in [-0.1, -0.05) is 6.07 Å². The van der Waals surface area contributed by atoms with Gasteiger partial charge in [-0.3, -0.25) is 4.79 Å². The summed E-state index contributed by atoms with van der Waals surface area (Å²) in [5, 5.41) is 2.58. The molecular weight excluding hydrogens is 361 g/mol. The molecule has 19 heavy (non-hydrogen) atoms. The van der Waals surface area contributed by atoms with Crippen LogP contribution in [-0.2, 0) is 20.7 Å². The molecule has 1 amide bonds. The van der Waals surface area contributed by atoms with E-state index >= 15 is 0 Å². The Labute approximate surface area is 125 Å². The maximum absolute atomic E-state index is 11.6. The Morgan fingerprint density at radius 2 is 2.05 bits per heavy atom. The number of hydrogen-bond acceptors (Lipinski definition) is 4. The summed E-state index contributed by atoms with van der Waals surface area (Å²) in [6.07, 6.45) is 0.381. The summed E-state index contributed by atoms with van der Waals surface area (Å²) in [5.41, 5.74) is 0.925. The average molecular weight is 377 g/mol. The highest BCUT2D eigenvalue weighted by Gasteiger charge is 2.20. The Balaban J connectivity index is 2.86. The Hall–Kier alpha value is -1.31. The van der Waals surface area contributed by atoms with Crippen molar-refractivity contribution in [1.82, 2.24) is 5.32 Å². The number of benzene rings is 1. The van der Waals surface area contributed by atoms with Gasteiger partial charge in [0.2, 0.25) is 5.91 Å². The zero-order chi connectivity index (χ0) is 14.4. The number of halogens is 1. The molecule has 5 nitrogen and oxygen atoms in total. The fraction of sp³-hybridized carbons (Fsp3) is 0.385. The molecule has 0 heterocycles. The lowest BCUT2D eigenvalue weighted by molar-refractivity contribution is -0.144. The zero-order valence-corrected chi connectivity index (χ0v) is 13.2. The highest BCUT2D eigenvalue weighted by Crippen LogP contribution is 2.22. The predicted octanol–water partition coefficient (Wildman–Crippen LogP) is 1.52. The summed E-state index contributed by atoms with van der Waals surface area (Å²) < 4.78 is 10.8. The van der Waals surface area contributed by atoms with Gasteiger partial charge in [-0.05, 0) is 40.3 Å². The van der Waals surface area contributed by atoms with E-state index in [4.69, 9.17) is 4.74 Å². The Morgan fingerprint density at radius 1 is 1.37 bits per heavy atom. The second-order valence-electron chi connectivity index (χ2n) is 3.95. The Kier molecular flexibility index (Phi) is 6.07. The Morgan fingerprint density at radius 3 is 2.53 bits per heavy atom. The van der Waals surface area contributed by atoms with Crippen molar-refractivity contribution in [2.24, 2.45) is 0 Å². The molecule has 0 saturated heterocycles. The third-order valence-electron chi connectivity index (χ3n) is 2.52. The van der Waals surface area contributed by atoms with Crippen LogP contribution >= 0.6 is 22.6 Å². The molecule has 0 saturated carbocycles. The second-order valence-corrected chi connectivity index (χ2v) is 5.11. The molecule has 0 aromatic heterocycles. The minimum absolute atomic E-state index is 0.265. The third-order valence-corrected chi connectivity index (χ3v) is 3.36. The number of esters is 1. The van der Waals surface area contributed by atoms with Crippen molar-refractivity contribution in [2.45, 2.75) is 19.4 Å². The first-order valence-electron chi connectivity index (χ1n) is 5.65. The number of amides is 1.